The summed E-state index contributed by atoms with van der Waals surface area (Å²) < 4.78 is 11.5. The average molecular weight is 474 g/mol. The lowest BCUT2D eigenvalue weighted by Crippen LogP contribution is -2.47. The van der Waals surface area contributed by atoms with E-state index >= 15 is 0 Å². The van der Waals surface area contributed by atoms with Gasteiger partial charge in [0.05, 0.1) is 17.2 Å². The van der Waals surface area contributed by atoms with E-state index in [1.165, 1.54) is 24.3 Å². The molecule has 1 atom stereocenters. The predicted molar refractivity (Wildman–Crippen MR) is 116 cm³/mol. The molecule has 0 unspecified atom stereocenters. The molecule has 2 aromatic carbocycles. The Balaban J connectivity index is 1.64. The summed E-state index contributed by atoms with van der Waals surface area (Å²) in [5.41, 5.74) is 4.66. The SMILES string of the molecule is COc1ccc2c(Cl)c(C(=O)NNC(=O)[C@@H](C)Oc3ccc(Cl)cc3Cl)sc2c1. The lowest BCUT2D eigenvalue weighted by atomic mass is 10.2. The van der Waals surface area contributed by atoms with Gasteiger partial charge in [-0.15, -0.1) is 11.3 Å². The van der Waals surface area contributed by atoms with E-state index in [0.717, 1.165) is 10.1 Å². The molecule has 0 aliphatic rings. The third-order valence-electron chi connectivity index (χ3n) is 3.91. The number of carbonyl (C=O) groups is 2. The summed E-state index contributed by atoms with van der Waals surface area (Å²) in [6.07, 6.45) is -0.920. The number of halogens is 3. The maximum absolute atomic E-state index is 12.5. The first-order valence-corrected chi connectivity index (χ1v) is 10.2. The van der Waals surface area contributed by atoms with Crippen LogP contribution in [0.2, 0.25) is 15.1 Å². The summed E-state index contributed by atoms with van der Waals surface area (Å²) in [6.45, 7) is 1.52. The Morgan fingerprint density at radius 3 is 2.52 bits per heavy atom. The van der Waals surface area contributed by atoms with Gasteiger partial charge >= 0.3 is 0 Å². The van der Waals surface area contributed by atoms with Gasteiger partial charge in [0.25, 0.3) is 11.8 Å². The average Bonchev–Trinajstić information content (AvgIpc) is 3.03. The van der Waals surface area contributed by atoms with E-state index in [9.17, 15) is 9.59 Å². The van der Waals surface area contributed by atoms with Crippen LogP contribution in [0.3, 0.4) is 0 Å². The Kier molecular flexibility index (Phi) is 6.74. The molecule has 3 rings (SSSR count). The number of fused-ring (bicyclic) bond motifs is 1. The number of ether oxygens (including phenoxy) is 2. The van der Waals surface area contributed by atoms with Gasteiger partial charge in [0.15, 0.2) is 6.10 Å². The smallest absolute Gasteiger partial charge is 0.281 e. The number of methoxy groups -OCH3 is 1. The highest BCUT2D eigenvalue weighted by Crippen LogP contribution is 2.37. The van der Waals surface area contributed by atoms with Gasteiger partial charge in [0.1, 0.15) is 16.4 Å². The molecule has 0 saturated carbocycles. The highest BCUT2D eigenvalue weighted by molar-refractivity contribution is 7.21. The minimum atomic E-state index is -0.920. The molecule has 1 aromatic heterocycles. The monoisotopic (exact) mass is 472 g/mol. The second-order valence-electron chi connectivity index (χ2n) is 5.89. The minimum Gasteiger partial charge on any atom is -0.497 e. The normalized spacial score (nSPS) is 11.8. The number of thiophene rings is 1. The fourth-order valence-electron chi connectivity index (χ4n) is 2.41. The zero-order valence-corrected chi connectivity index (χ0v) is 18.3. The molecule has 6 nitrogen and oxygen atoms in total. The zero-order valence-electron chi connectivity index (χ0n) is 15.2. The van der Waals surface area contributed by atoms with Crippen LogP contribution in [0.5, 0.6) is 11.5 Å². The highest BCUT2D eigenvalue weighted by atomic mass is 35.5. The second-order valence-corrected chi connectivity index (χ2v) is 8.16. The Bertz CT molecular complexity index is 1090. The molecule has 0 bridgehead atoms. The van der Waals surface area contributed by atoms with E-state index in [4.69, 9.17) is 44.3 Å². The van der Waals surface area contributed by atoms with Crippen molar-refractivity contribution >= 4 is 68.0 Å². The van der Waals surface area contributed by atoms with Gasteiger partial charge in [0, 0.05) is 15.1 Å². The van der Waals surface area contributed by atoms with Crippen molar-refractivity contribution in [3.05, 3.63) is 56.3 Å². The Morgan fingerprint density at radius 1 is 1.07 bits per heavy atom. The van der Waals surface area contributed by atoms with E-state index in [1.54, 1.807) is 37.4 Å². The third-order valence-corrected chi connectivity index (χ3v) is 6.10. The maximum atomic E-state index is 12.5. The number of nitrogens with one attached hydrogen (secondary N) is 2. The van der Waals surface area contributed by atoms with Crippen molar-refractivity contribution in [1.29, 1.82) is 0 Å². The minimum absolute atomic E-state index is 0.268. The molecule has 0 saturated heterocycles. The molecule has 3 aromatic rings. The number of hydrazine groups is 1. The molecule has 29 heavy (non-hydrogen) atoms. The fraction of sp³-hybridized carbons (Fsp3) is 0.158. The molecule has 0 radical (unpaired) electrons. The largest absolute Gasteiger partial charge is 0.497 e. The molecule has 0 aliphatic carbocycles. The van der Waals surface area contributed by atoms with Crippen LogP contribution >= 0.6 is 46.1 Å². The van der Waals surface area contributed by atoms with Crippen molar-refractivity contribution in [3.8, 4) is 11.5 Å². The standard InChI is InChI=1S/C19H15Cl3N2O4S/c1-9(28-14-6-3-10(20)7-13(14)21)18(25)23-24-19(26)17-16(22)12-5-4-11(27-2)8-15(12)29-17/h3-9H,1-2H3,(H,23,25)(H,24,26)/t9-/m1/s1. The topological polar surface area (TPSA) is 76.7 Å². The molecule has 2 amide bonds. The molecule has 0 aliphatic heterocycles. The third kappa shape index (κ3) is 4.87. The number of rotatable bonds is 5. The maximum Gasteiger partial charge on any atom is 0.281 e. The van der Waals surface area contributed by atoms with Crippen LogP contribution in [0, 0.1) is 0 Å². The van der Waals surface area contributed by atoms with Gasteiger partial charge < -0.3 is 9.47 Å². The van der Waals surface area contributed by atoms with E-state index in [2.05, 4.69) is 10.9 Å². The molecular weight excluding hydrogens is 459 g/mol. The summed E-state index contributed by atoms with van der Waals surface area (Å²) in [7, 11) is 1.56. The molecule has 10 heteroatoms. The molecule has 0 spiro atoms. The van der Waals surface area contributed by atoms with Gasteiger partial charge in [0.2, 0.25) is 0 Å². The molecule has 152 valence electrons. The lowest BCUT2D eigenvalue weighted by Gasteiger charge is -2.16. The van der Waals surface area contributed by atoms with Crippen molar-refractivity contribution in [2.45, 2.75) is 13.0 Å². The van der Waals surface area contributed by atoms with Crippen LogP contribution in [0.25, 0.3) is 10.1 Å². The molecule has 2 N–H and O–H groups in total. The number of hydrogen-bond donors (Lipinski definition) is 2. The highest BCUT2D eigenvalue weighted by Gasteiger charge is 2.20. The summed E-state index contributed by atoms with van der Waals surface area (Å²) in [5.74, 6) is -0.155. The van der Waals surface area contributed by atoms with Gasteiger partial charge in [-0.3, -0.25) is 20.4 Å². The fourth-order valence-corrected chi connectivity index (χ4v) is 4.30. The van der Waals surface area contributed by atoms with Crippen LogP contribution in [-0.2, 0) is 4.79 Å². The van der Waals surface area contributed by atoms with Crippen molar-refractivity contribution in [2.75, 3.05) is 7.11 Å². The van der Waals surface area contributed by atoms with E-state index < -0.39 is 17.9 Å². The van der Waals surface area contributed by atoms with E-state index in [0.29, 0.717) is 21.5 Å². The van der Waals surface area contributed by atoms with Crippen LogP contribution in [-0.4, -0.2) is 25.0 Å². The van der Waals surface area contributed by atoms with Crippen molar-refractivity contribution in [1.82, 2.24) is 10.9 Å². The van der Waals surface area contributed by atoms with Gasteiger partial charge in [-0.1, -0.05) is 34.8 Å². The Hall–Kier alpha value is -2.19. The predicted octanol–water partition coefficient (Wildman–Crippen LogP) is 5.10. The molecular formula is C19H15Cl3N2O4S. The zero-order chi connectivity index (χ0) is 21.1. The summed E-state index contributed by atoms with van der Waals surface area (Å²) >= 11 is 19.4. The van der Waals surface area contributed by atoms with Gasteiger partial charge in [-0.2, -0.15) is 0 Å². The summed E-state index contributed by atoms with van der Waals surface area (Å²) in [4.78, 5) is 25.0. The van der Waals surface area contributed by atoms with Crippen molar-refractivity contribution < 1.29 is 19.1 Å². The van der Waals surface area contributed by atoms with Crippen LogP contribution < -0.4 is 20.3 Å². The lowest BCUT2D eigenvalue weighted by molar-refractivity contribution is -0.128. The summed E-state index contributed by atoms with van der Waals surface area (Å²) in [6, 6.07) is 9.96. The quantitative estimate of drug-likeness (QED) is 0.506. The number of hydrogen-bond acceptors (Lipinski definition) is 5. The molecule has 0 fully saturated rings. The van der Waals surface area contributed by atoms with Gasteiger partial charge in [-0.25, -0.2) is 0 Å². The van der Waals surface area contributed by atoms with E-state index in [1.807, 2.05) is 0 Å². The Morgan fingerprint density at radius 2 is 1.83 bits per heavy atom. The van der Waals surface area contributed by atoms with E-state index in [-0.39, 0.29) is 9.90 Å². The number of carbonyl (C=O) groups excluding carboxylic acids is 2. The summed E-state index contributed by atoms with van der Waals surface area (Å²) in [5, 5.41) is 1.75. The molecule has 1 heterocycles. The van der Waals surface area contributed by atoms with Crippen LogP contribution in [0.4, 0.5) is 0 Å². The van der Waals surface area contributed by atoms with Gasteiger partial charge in [-0.05, 0) is 43.3 Å². The second kappa shape index (κ2) is 9.09. The Labute approximate surface area is 185 Å². The van der Waals surface area contributed by atoms with Crippen LogP contribution in [0.15, 0.2) is 36.4 Å². The van der Waals surface area contributed by atoms with Crippen LogP contribution in [0.1, 0.15) is 16.6 Å². The first-order valence-electron chi connectivity index (χ1n) is 8.28. The number of amides is 2. The first kappa shape index (κ1) is 21.5. The first-order chi connectivity index (χ1) is 13.8. The number of benzene rings is 2. The van der Waals surface area contributed by atoms with Crippen molar-refractivity contribution in [2.24, 2.45) is 0 Å². The van der Waals surface area contributed by atoms with Crippen molar-refractivity contribution in [3.63, 3.8) is 0 Å².